The van der Waals surface area contributed by atoms with E-state index in [0.29, 0.717) is 8.96 Å². The van der Waals surface area contributed by atoms with Gasteiger partial charge in [-0.3, -0.25) is 0 Å². The van der Waals surface area contributed by atoms with Crippen molar-refractivity contribution in [3.05, 3.63) is 38.7 Å². The second-order valence-corrected chi connectivity index (χ2v) is 5.73. The van der Waals surface area contributed by atoms with Gasteiger partial charge in [0, 0.05) is 6.08 Å². The molecule has 2 aliphatic rings. The van der Waals surface area contributed by atoms with Crippen molar-refractivity contribution in [3.63, 3.8) is 0 Å². The molecule has 0 radical (unpaired) electrons. The number of halogens is 6. The highest BCUT2D eigenvalue weighted by atomic mass is 35.5. The molecule has 0 unspecified atom stereocenters. The Morgan fingerprint density at radius 3 is 2.50 bits per heavy atom. The zero-order chi connectivity index (χ0) is 14.8. The van der Waals surface area contributed by atoms with Crippen LogP contribution in [0.3, 0.4) is 0 Å². The summed E-state index contributed by atoms with van der Waals surface area (Å²) in [4.78, 5) is 0. The largest absolute Gasteiger partial charge is 0.739 e. The standard InChI is InChI=1S/C10H5BCl4F2N2O/c1-20-8-6-2-4(12)9(14)18(6)11(16,17)19-7(8)3-5(13)10(19)15/h2-3H,1H3. The predicted octanol–water partition coefficient (Wildman–Crippen LogP) is 4.13. The number of methoxy groups -OCH3 is 1. The van der Waals surface area contributed by atoms with E-state index >= 15 is 0 Å². The summed E-state index contributed by atoms with van der Waals surface area (Å²) in [5.41, 5.74) is 0.150. The molecule has 0 aliphatic carbocycles. The van der Waals surface area contributed by atoms with Gasteiger partial charge < -0.3 is 22.3 Å². The van der Waals surface area contributed by atoms with Crippen molar-refractivity contribution >= 4 is 64.3 Å². The maximum atomic E-state index is 14.7. The van der Waals surface area contributed by atoms with Crippen molar-refractivity contribution < 1.29 is 17.9 Å². The quantitative estimate of drug-likeness (QED) is 0.689. The van der Waals surface area contributed by atoms with Crippen molar-refractivity contribution in [3.8, 4) is 0 Å². The molecule has 10 heteroatoms. The lowest BCUT2D eigenvalue weighted by molar-refractivity contribution is -0.360. The normalized spacial score (nSPS) is 20.1. The molecule has 106 valence electrons. The fraction of sp³-hybridized carbons (Fsp3) is 0.100. The predicted molar refractivity (Wildman–Crippen MR) is 76.8 cm³/mol. The minimum absolute atomic E-state index is 0.00531. The molecule has 0 fully saturated rings. The van der Waals surface area contributed by atoms with Gasteiger partial charge in [0.1, 0.15) is 5.03 Å². The molecule has 0 bridgehead atoms. The van der Waals surface area contributed by atoms with Crippen molar-refractivity contribution in [2.45, 2.75) is 0 Å². The molecular formula is C10H5BCl4F2N2O. The second-order valence-electron chi connectivity index (χ2n) is 4.20. The van der Waals surface area contributed by atoms with Gasteiger partial charge in [0.2, 0.25) is 16.6 Å². The minimum Gasteiger partial charge on any atom is -0.489 e. The average Bonchev–Trinajstić information content (AvgIpc) is 2.81. The monoisotopic (exact) mass is 358 g/mol. The molecule has 0 atom stereocenters. The maximum Gasteiger partial charge on any atom is 0.739 e. The van der Waals surface area contributed by atoms with Crippen LogP contribution in [-0.2, 0) is 4.74 Å². The van der Waals surface area contributed by atoms with Gasteiger partial charge in [-0.2, -0.15) is 0 Å². The molecule has 0 amide bonds. The van der Waals surface area contributed by atoms with Crippen molar-refractivity contribution in [1.29, 1.82) is 0 Å². The number of nitrogens with zero attached hydrogens (tertiary/aromatic N) is 2. The SMILES string of the molecule is COC1=C2C=C(Cl)C(Cl)=[N+]2[B-](F)(F)n2c1cc(Cl)c2Cl. The summed E-state index contributed by atoms with van der Waals surface area (Å²) in [5, 5.41) is -0.558. The van der Waals surface area contributed by atoms with E-state index in [-0.39, 0.29) is 37.5 Å². The van der Waals surface area contributed by atoms with Gasteiger partial charge in [-0.05, 0) is 17.7 Å². The molecule has 20 heavy (non-hydrogen) atoms. The van der Waals surface area contributed by atoms with Gasteiger partial charge in [-0.1, -0.05) is 34.8 Å². The van der Waals surface area contributed by atoms with E-state index in [4.69, 9.17) is 51.1 Å². The van der Waals surface area contributed by atoms with Crippen LogP contribution >= 0.6 is 46.4 Å². The Morgan fingerprint density at radius 1 is 1.25 bits per heavy atom. The Balaban J connectivity index is 2.45. The van der Waals surface area contributed by atoms with Crippen molar-refractivity contribution in [1.82, 2.24) is 4.48 Å². The molecule has 1 aromatic rings. The molecule has 0 spiro atoms. The number of rotatable bonds is 1. The van der Waals surface area contributed by atoms with E-state index in [1.165, 1.54) is 19.3 Å². The van der Waals surface area contributed by atoms with Crippen molar-refractivity contribution in [2.24, 2.45) is 0 Å². The van der Waals surface area contributed by atoms with Crippen LogP contribution in [-0.4, -0.2) is 28.2 Å². The van der Waals surface area contributed by atoms with Crippen LogP contribution < -0.4 is 0 Å². The Bertz CT molecular complexity index is 738. The highest BCUT2D eigenvalue weighted by Crippen LogP contribution is 2.43. The summed E-state index contributed by atoms with van der Waals surface area (Å²) in [6, 6.07) is 1.32. The van der Waals surface area contributed by atoms with Crippen LogP contribution in [0.4, 0.5) is 8.63 Å². The zero-order valence-electron chi connectivity index (χ0n) is 9.80. The van der Waals surface area contributed by atoms with E-state index in [0.717, 1.165) is 0 Å². The summed E-state index contributed by atoms with van der Waals surface area (Å²) in [6.45, 7) is -4.31. The smallest absolute Gasteiger partial charge is 0.489 e. The van der Waals surface area contributed by atoms with Gasteiger partial charge in [-0.15, -0.1) is 0 Å². The molecular weight excluding hydrogens is 355 g/mol. The lowest BCUT2D eigenvalue weighted by Gasteiger charge is -2.30. The van der Waals surface area contributed by atoms with Crippen LogP contribution in [0.1, 0.15) is 5.69 Å². The fourth-order valence-electron chi connectivity index (χ4n) is 2.35. The summed E-state index contributed by atoms with van der Waals surface area (Å²) in [7, 11) is 1.35. The van der Waals surface area contributed by atoms with Gasteiger partial charge >= 0.3 is 6.97 Å². The lowest BCUT2D eigenvalue weighted by Crippen LogP contribution is -2.50. The van der Waals surface area contributed by atoms with Gasteiger partial charge in [0.05, 0.1) is 23.0 Å². The Morgan fingerprint density at radius 2 is 1.90 bits per heavy atom. The van der Waals surface area contributed by atoms with E-state index in [1.807, 2.05) is 0 Å². The fourth-order valence-corrected chi connectivity index (χ4v) is 3.27. The first-order valence-corrected chi connectivity index (χ1v) is 6.88. The molecule has 3 nitrogen and oxygen atoms in total. The van der Waals surface area contributed by atoms with Crippen LogP contribution in [0.15, 0.2) is 22.9 Å². The van der Waals surface area contributed by atoms with Crippen LogP contribution in [0.5, 0.6) is 0 Å². The van der Waals surface area contributed by atoms with Crippen molar-refractivity contribution in [2.75, 3.05) is 7.11 Å². The van der Waals surface area contributed by atoms with E-state index < -0.39 is 6.97 Å². The summed E-state index contributed by atoms with van der Waals surface area (Å²) >= 11 is 23.4. The molecule has 0 N–H and O–H groups in total. The Labute approximate surface area is 132 Å². The van der Waals surface area contributed by atoms with E-state index in [9.17, 15) is 8.63 Å². The maximum absolute atomic E-state index is 14.7. The molecule has 0 aromatic carbocycles. The van der Waals surface area contributed by atoms with E-state index in [1.54, 1.807) is 0 Å². The minimum atomic E-state index is -4.31. The summed E-state index contributed by atoms with van der Waals surface area (Å²) < 4.78 is 35.8. The highest BCUT2D eigenvalue weighted by Gasteiger charge is 2.56. The zero-order valence-corrected chi connectivity index (χ0v) is 12.8. The topological polar surface area (TPSA) is 17.2 Å². The van der Waals surface area contributed by atoms with Crippen LogP contribution in [0.25, 0.3) is 5.76 Å². The van der Waals surface area contributed by atoms with Crippen LogP contribution in [0.2, 0.25) is 10.2 Å². The first-order chi connectivity index (χ1) is 9.30. The third-order valence-electron chi connectivity index (χ3n) is 3.15. The van der Waals surface area contributed by atoms with E-state index in [2.05, 4.69) is 0 Å². The first kappa shape index (κ1) is 14.3. The number of fused-ring (bicyclic) bond motifs is 2. The third kappa shape index (κ3) is 1.62. The van der Waals surface area contributed by atoms with Gasteiger partial charge in [-0.25, -0.2) is 0 Å². The second kappa shape index (κ2) is 4.40. The molecule has 3 rings (SSSR count). The number of allylic oxidation sites excluding steroid dienone is 2. The highest BCUT2D eigenvalue weighted by molar-refractivity contribution is 6.77. The average molecular weight is 360 g/mol. The van der Waals surface area contributed by atoms with Crippen LogP contribution in [0, 0.1) is 0 Å². The molecule has 0 saturated heterocycles. The Hall–Kier alpha value is -0.685. The summed E-state index contributed by atoms with van der Waals surface area (Å²) in [5.74, 6) is 0.167. The first-order valence-electron chi connectivity index (χ1n) is 5.37. The molecule has 3 heterocycles. The Kier molecular flexibility index (Phi) is 3.14. The number of ether oxygens (including phenoxy) is 1. The third-order valence-corrected chi connectivity index (χ3v) is 4.69. The van der Waals surface area contributed by atoms with Gasteiger partial charge in [0.15, 0.2) is 0 Å². The lowest BCUT2D eigenvalue weighted by atomic mass is 9.91. The molecule has 1 aromatic heterocycles. The number of hydrogen-bond acceptors (Lipinski definition) is 1. The summed E-state index contributed by atoms with van der Waals surface area (Å²) in [6.07, 6.45) is 1.32. The number of hydrogen-bond donors (Lipinski definition) is 0. The number of aromatic nitrogens is 1. The molecule has 2 aliphatic heterocycles. The molecule has 0 saturated carbocycles. The van der Waals surface area contributed by atoms with Gasteiger partial charge in [0.25, 0.3) is 0 Å².